The van der Waals surface area contributed by atoms with Gasteiger partial charge in [0.2, 0.25) is 10.0 Å². The molecule has 0 aromatic rings. The van der Waals surface area contributed by atoms with Crippen molar-refractivity contribution in [1.82, 2.24) is 4.31 Å². The van der Waals surface area contributed by atoms with E-state index in [1.54, 1.807) is 0 Å². The van der Waals surface area contributed by atoms with Gasteiger partial charge in [-0.2, -0.15) is 0 Å². The van der Waals surface area contributed by atoms with Crippen LogP contribution in [0.2, 0.25) is 0 Å². The molecule has 1 aliphatic heterocycles. The fourth-order valence-electron chi connectivity index (χ4n) is 1.65. The van der Waals surface area contributed by atoms with Crippen LogP contribution in [0, 0.1) is 11.8 Å². The SMILES string of the molecule is CCC(CO)C1CN(S(C)(=O)=O)C1. The van der Waals surface area contributed by atoms with Crippen LogP contribution in [0.5, 0.6) is 0 Å². The Morgan fingerprint density at radius 3 is 2.38 bits per heavy atom. The van der Waals surface area contributed by atoms with Gasteiger partial charge in [0.1, 0.15) is 0 Å². The van der Waals surface area contributed by atoms with Gasteiger partial charge in [-0.1, -0.05) is 13.3 Å². The molecule has 0 bridgehead atoms. The summed E-state index contributed by atoms with van der Waals surface area (Å²) in [6.07, 6.45) is 2.14. The Kier molecular flexibility index (Phi) is 3.32. The van der Waals surface area contributed by atoms with Gasteiger partial charge in [0, 0.05) is 19.7 Å². The van der Waals surface area contributed by atoms with E-state index in [4.69, 9.17) is 5.11 Å². The van der Waals surface area contributed by atoms with Crippen molar-refractivity contribution in [3.05, 3.63) is 0 Å². The van der Waals surface area contributed by atoms with Crippen LogP contribution in [0.25, 0.3) is 0 Å². The summed E-state index contributed by atoms with van der Waals surface area (Å²) in [5.41, 5.74) is 0. The smallest absolute Gasteiger partial charge is 0.211 e. The van der Waals surface area contributed by atoms with Crippen molar-refractivity contribution in [2.24, 2.45) is 11.8 Å². The molecular weight excluding hydrogens is 190 g/mol. The molecule has 0 amide bonds. The van der Waals surface area contributed by atoms with Crippen LogP contribution < -0.4 is 0 Å². The van der Waals surface area contributed by atoms with Gasteiger partial charge in [0.05, 0.1) is 6.26 Å². The number of hydrogen-bond donors (Lipinski definition) is 1. The van der Waals surface area contributed by atoms with Crippen molar-refractivity contribution in [2.75, 3.05) is 26.0 Å². The number of aliphatic hydroxyl groups is 1. The Balaban J connectivity index is 2.41. The molecule has 78 valence electrons. The quantitative estimate of drug-likeness (QED) is 0.700. The van der Waals surface area contributed by atoms with E-state index in [0.29, 0.717) is 19.0 Å². The van der Waals surface area contributed by atoms with E-state index in [0.717, 1.165) is 6.42 Å². The van der Waals surface area contributed by atoms with E-state index in [1.807, 2.05) is 6.92 Å². The Labute approximate surface area is 79.6 Å². The molecule has 0 aromatic carbocycles. The molecule has 0 spiro atoms. The maximum absolute atomic E-state index is 11.0. The number of sulfonamides is 1. The molecule has 1 atom stereocenters. The lowest BCUT2D eigenvalue weighted by atomic mass is 9.86. The van der Waals surface area contributed by atoms with Crippen molar-refractivity contribution in [2.45, 2.75) is 13.3 Å². The second-order valence-corrected chi connectivity index (χ2v) is 5.67. The summed E-state index contributed by atoms with van der Waals surface area (Å²) in [4.78, 5) is 0. The van der Waals surface area contributed by atoms with Crippen LogP contribution in [-0.4, -0.2) is 43.8 Å². The third-order valence-electron chi connectivity index (χ3n) is 2.77. The Morgan fingerprint density at radius 1 is 1.54 bits per heavy atom. The topological polar surface area (TPSA) is 57.6 Å². The largest absolute Gasteiger partial charge is 0.396 e. The van der Waals surface area contributed by atoms with Crippen LogP contribution in [-0.2, 0) is 10.0 Å². The highest BCUT2D eigenvalue weighted by molar-refractivity contribution is 7.88. The van der Waals surface area contributed by atoms with Gasteiger partial charge in [-0.15, -0.1) is 0 Å². The van der Waals surface area contributed by atoms with E-state index in [2.05, 4.69) is 0 Å². The van der Waals surface area contributed by atoms with Gasteiger partial charge in [-0.05, 0) is 11.8 Å². The number of rotatable bonds is 4. The van der Waals surface area contributed by atoms with Crippen LogP contribution in [0.1, 0.15) is 13.3 Å². The third kappa shape index (κ3) is 2.42. The standard InChI is InChI=1S/C8H17NO3S/c1-3-7(6-10)8-4-9(5-8)13(2,11)12/h7-8,10H,3-6H2,1-2H3. The van der Waals surface area contributed by atoms with Crippen molar-refractivity contribution in [3.8, 4) is 0 Å². The van der Waals surface area contributed by atoms with Crippen molar-refractivity contribution < 1.29 is 13.5 Å². The predicted molar refractivity (Wildman–Crippen MR) is 50.8 cm³/mol. The van der Waals surface area contributed by atoms with Gasteiger partial charge < -0.3 is 5.11 Å². The zero-order valence-corrected chi connectivity index (χ0v) is 8.92. The molecule has 1 aliphatic rings. The molecule has 0 radical (unpaired) electrons. The number of nitrogens with zero attached hydrogens (tertiary/aromatic N) is 1. The maximum Gasteiger partial charge on any atom is 0.211 e. The Bertz CT molecular complexity index is 253. The van der Waals surface area contributed by atoms with Gasteiger partial charge >= 0.3 is 0 Å². The monoisotopic (exact) mass is 207 g/mol. The second-order valence-electron chi connectivity index (χ2n) is 3.69. The zero-order chi connectivity index (χ0) is 10.1. The van der Waals surface area contributed by atoms with Gasteiger partial charge in [-0.3, -0.25) is 0 Å². The van der Waals surface area contributed by atoms with E-state index in [1.165, 1.54) is 10.6 Å². The van der Waals surface area contributed by atoms with E-state index in [-0.39, 0.29) is 12.5 Å². The van der Waals surface area contributed by atoms with E-state index in [9.17, 15) is 8.42 Å². The normalized spacial score (nSPS) is 22.7. The Morgan fingerprint density at radius 2 is 2.08 bits per heavy atom. The molecule has 0 aromatic heterocycles. The highest BCUT2D eigenvalue weighted by Crippen LogP contribution is 2.27. The zero-order valence-electron chi connectivity index (χ0n) is 8.10. The molecule has 5 heteroatoms. The summed E-state index contributed by atoms with van der Waals surface area (Å²) in [5.74, 6) is 0.614. The maximum atomic E-state index is 11.0. The first-order valence-electron chi connectivity index (χ1n) is 4.55. The summed E-state index contributed by atoms with van der Waals surface area (Å²) < 4.78 is 23.5. The van der Waals surface area contributed by atoms with Crippen LogP contribution in [0.15, 0.2) is 0 Å². The molecule has 1 saturated heterocycles. The van der Waals surface area contributed by atoms with Crippen LogP contribution >= 0.6 is 0 Å². The minimum atomic E-state index is -3.00. The first kappa shape index (κ1) is 10.9. The Hall–Kier alpha value is -0.130. The molecule has 1 rings (SSSR count). The highest BCUT2D eigenvalue weighted by atomic mass is 32.2. The summed E-state index contributed by atoms with van der Waals surface area (Å²) in [5, 5.41) is 8.98. The molecule has 13 heavy (non-hydrogen) atoms. The molecular formula is C8H17NO3S. The van der Waals surface area contributed by atoms with Crippen molar-refractivity contribution in [1.29, 1.82) is 0 Å². The van der Waals surface area contributed by atoms with Crippen molar-refractivity contribution in [3.63, 3.8) is 0 Å². The minimum Gasteiger partial charge on any atom is -0.396 e. The third-order valence-corrected chi connectivity index (χ3v) is 4.01. The molecule has 0 aliphatic carbocycles. The molecule has 4 nitrogen and oxygen atoms in total. The van der Waals surface area contributed by atoms with E-state index < -0.39 is 10.0 Å². The fourth-order valence-corrected chi connectivity index (χ4v) is 2.57. The van der Waals surface area contributed by atoms with Crippen LogP contribution in [0.4, 0.5) is 0 Å². The van der Waals surface area contributed by atoms with E-state index >= 15 is 0 Å². The summed E-state index contributed by atoms with van der Waals surface area (Å²) >= 11 is 0. The first-order chi connectivity index (χ1) is 5.99. The van der Waals surface area contributed by atoms with Gasteiger partial charge in [-0.25, -0.2) is 12.7 Å². The number of hydrogen-bond acceptors (Lipinski definition) is 3. The molecule has 1 unspecified atom stereocenters. The molecule has 0 saturated carbocycles. The lowest BCUT2D eigenvalue weighted by molar-refractivity contribution is 0.0852. The average Bonchev–Trinajstić information content (AvgIpc) is 1.92. The summed E-state index contributed by atoms with van der Waals surface area (Å²) in [7, 11) is -3.00. The van der Waals surface area contributed by atoms with Gasteiger partial charge in [0.25, 0.3) is 0 Å². The second kappa shape index (κ2) is 3.94. The summed E-state index contributed by atoms with van der Waals surface area (Å²) in [6.45, 7) is 3.35. The van der Waals surface area contributed by atoms with Crippen molar-refractivity contribution >= 4 is 10.0 Å². The highest BCUT2D eigenvalue weighted by Gasteiger charge is 2.36. The van der Waals surface area contributed by atoms with Gasteiger partial charge in [0.15, 0.2) is 0 Å². The first-order valence-corrected chi connectivity index (χ1v) is 6.39. The number of aliphatic hydroxyl groups excluding tert-OH is 1. The molecule has 1 fully saturated rings. The lowest BCUT2D eigenvalue weighted by Crippen LogP contribution is -2.52. The molecule has 1 N–H and O–H groups in total. The fraction of sp³-hybridized carbons (Fsp3) is 1.00. The predicted octanol–water partition coefficient (Wildman–Crippen LogP) is -0.104. The molecule has 1 heterocycles. The lowest BCUT2D eigenvalue weighted by Gasteiger charge is -2.41. The summed E-state index contributed by atoms with van der Waals surface area (Å²) in [6, 6.07) is 0. The van der Waals surface area contributed by atoms with Crippen LogP contribution in [0.3, 0.4) is 0 Å². The minimum absolute atomic E-state index is 0.165. The average molecular weight is 207 g/mol.